The quantitative estimate of drug-likeness (QED) is 0.508. The van der Waals surface area contributed by atoms with Crippen molar-refractivity contribution in [3.63, 3.8) is 0 Å². The third-order valence-electron chi connectivity index (χ3n) is 3.94. The predicted octanol–water partition coefficient (Wildman–Crippen LogP) is 4.57. The van der Waals surface area contributed by atoms with Crippen LogP contribution in [0.2, 0.25) is 0 Å². The number of anilines is 2. The van der Waals surface area contributed by atoms with E-state index in [4.69, 9.17) is 9.84 Å². The van der Waals surface area contributed by atoms with Crippen LogP contribution in [-0.2, 0) is 11.3 Å². The van der Waals surface area contributed by atoms with Crippen LogP contribution in [0.15, 0.2) is 36.5 Å². The van der Waals surface area contributed by atoms with Crippen LogP contribution in [0.1, 0.15) is 42.4 Å². The average Bonchev–Trinajstić information content (AvgIpc) is 3.05. The van der Waals surface area contributed by atoms with Crippen molar-refractivity contribution < 1.29 is 19.4 Å². The van der Waals surface area contributed by atoms with Gasteiger partial charge in [-0.3, -0.25) is 5.32 Å². The number of aryl methyl sites for hydroxylation is 1. The lowest BCUT2D eigenvalue weighted by Gasteiger charge is -2.18. The molecule has 2 heterocycles. The smallest absolute Gasteiger partial charge is 0.413 e. The molecular formula is C21H23N5O4S. The second-order valence-electron chi connectivity index (χ2n) is 7.68. The molecule has 0 saturated heterocycles. The van der Waals surface area contributed by atoms with E-state index < -0.39 is 17.7 Å². The van der Waals surface area contributed by atoms with Crippen molar-refractivity contribution in [2.45, 2.75) is 39.8 Å². The number of ether oxygens (including phenoxy) is 1. The van der Waals surface area contributed by atoms with Gasteiger partial charge in [-0.1, -0.05) is 23.5 Å². The van der Waals surface area contributed by atoms with Gasteiger partial charge in [-0.05, 0) is 51.5 Å². The van der Waals surface area contributed by atoms with Gasteiger partial charge >= 0.3 is 12.1 Å². The van der Waals surface area contributed by atoms with Crippen molar-refractivity contribution in [1.29, 1.82) is 0 Å². The molecule has 3 N–H and O–H groups in total. The zero-order chi connectivity index (χ0) is 22.6. The van der Waals surface area contributed by atoms with Gasteiger partial charge < -0.3 is 15.2 Å². The SMILES string of the molecule is Cc1nc(NC(=O)OC(C)(C)C)sc1-c1ccnc(NCc2ccc(C(=O)O)cc2)n1. The zero-order valence-electron chi connectivity index (χ0n) is 17.6. The third kappa shape index (κ3) is 6.22. The molecule has 0 aliphatic rings. The number of thiazole rings is 1. The fraction of sp³-hybridized carbons (Fsp3) is 0.286. The van der Waals surface area contributed by atoms with Crippen molar-refractivity contribution in [2.24, 2.45) is 0 Å². The van der Waals surface area contributed by atoms with E-state index in [0.717, 1.165) is 16.1 Å². The maximum absolute atomic E-state index is 12.0. The molecule has 0 bridgehead atoms. The minimum atomic E-state index is -0.962. The highest BCUT2D eigenvalue weighted by atomic mass is 32.1. The van der Waals surface area contributed by atoms with Crippen LogP contribution in [0.4, 0.5) is 15.9 Å². The summed E-state index contributed by atoms with van der Waals surface area (Å²) < 4.78 is 5.26. The molecule has 31 heavy (non-hydrogen) atoms. The number of amides is 1. The molecule has 3 rings (SSSR count). The number of hydrogen-bond donors (Lipinski definition) is 3. The van der Waals surface area contributed by atoms with E-state index in [1.807, 2.05) is 6.92 Å². The Balaban J connectivity index is 1.69. The summed E-state index contributed by atoms with van der Waals surface area (Å²) in [5.74, 6) is -0.537. The Kier molecular flexibility index (Phi) is 6.50. The van der Waals surface area contributed by atoms with E-state index >= 15 is 0 Å². The average molecular weight is 442 g/mol. The minimum absolute atomic E-state index is 0.235. The number of nitrogens with one attached hydrogen (secondary N) is 2. The maximum Gasteiger partial charge on any atom is 0.413 e. The highest BCUT2D eigenvalue weighted by Gasteiger charge is 2.19. The fourth-order valence-electron chi connectivity index (χ4n) is 2.60. The van der Waals surface area contributed by atoms with Crippen molar-refractivity contribution in [2.75, 3.05) is 10.6 Å². The highest BCUT2D eigenvalue weighted by molar-refractivity contribution is 7.19. The normalized spacial score (nSPS) is 11.1. The third-order valence-corrected chi connectivity index (χ3v) is 5.04. The summed E-state index contributed by atoms with van der Waals surface area (Å²) in [4.78, 5) is 36.9. The Morgan fingerprint density at radius 2 is 1.84 bits per heavy atom. The van der Waals surface area contributed by atoms with Gasteiger partial charge in [-0.25, -0.2) is 24.5 Å². The maximum atomic E-state index is 12.0. The van der Waals surface area contributed by atoms with Crippen LogP contribution < -0.4 is 10.6 Å². The van der Waals surface area contributed by atoms with Crippen molar-refractivity contribution >= 4 is 34.5 Å². The monoisotopic (exact) mass is 441 g/mol. The molecule has 0 aliphatic heterocycles. The van der Waals surface area contributed by atoms with Crippen LogP contribution in [0.25, 0.3) is 10.6 Å². The number of aromatic carboxylic acids is 1. The molecule has 10 heteroatoms. The first kappa shape index (κ1) is 22.2. The first-order valence-corrected chi connectivity index (χ1v) is 10.3. The second-order valence-corrected chi connectivity index (χ2v) is 8.68. The number of carboxylic acid groups (broad SMARTS) is 1. The number of hydrogen-bond acceptors (Lipinski definition) is 8. The minimum Gasteiger partial charge on any atom is -0.478 e. The highest BCUT2D eigenvalue weighted by Crippen LogP contribution is 2.32. The summed E-state index contributed by atoms with van der Waals surface area (Å²) in [6.45, 7) is 7.66. The van der Waals surface area contributed by atoms with Crippen LogP contribution >= 0.6 is 11.3 Å². The molecule has 0 aliphatic carbocycles. The molecule has 0 fully saturated rings. The predicted molar refractivity (Wildman–Crippen MR) is 118 cm³/mol. The first-order valence-electron chi connectivity index (χ1n) is 9.48. The molecule has 2 aromatic heterocycles. The molecule has 0 spiro atoms. The molecule has 0 radical (unpaired) electrons. The second kappa shape index (κ2) is 9.09. The van der Waals surface area contributed by atoms with Crippen molar-refractivity contribution in [3.8, 4) is 10.6 Å². The number of carbonyl (C=O) groups excluding carboxylic acids is 1. The van der Waals surface area contributed by atoms with Crippen LogP contribution in [0.5, 0.6) is 0 Å². The molecular weight excluding hydrogens is 418 g/mol. The largest absolute Gasteiger partial charge is 0.478 e. The van der Waals surface area contributed by atoms with Gasteiger partial charge in [0.05, 0.1) is 21.8 Å². The van der Waals surface area contributed by atoms with Crippen LogP contribution in [0, 0.1) is 6.92 Å². The Labute approximate surface area is 183 Å². The van der Waals surface area contributed by atoms with Gasteiger partial charge in [0, 0.05) is 12.7 Å². The Morgan fingerprint density at radius 1 is 1.13 bits per heavy atom. The lowest BCUT2D eigenvalue weighted by Crippen LogP contribution is -2.27. The summed E-state index contributed by atoms with van der Waals surface area (Å²) in [6.07, 6.45) is 1.07. The van der Waals surface area contributed by atoms with Gasteiger partial charge in [0.25, 0.3) is 0 Å². The molecule has 0 atom stereocenters. The van der Waals surface area contributed by atoms with E-state index in [0.29, 0.717) is 23.3 Å². The van der Waals surface area contributed by atoms with Gasteiger partial charge in [-0.2, -0.15) is 0 Å². The molecule has 1 amide bonds. The number of carboxylic acids is 1. The molecule has 9 nitrogen and oxygen atoms in total. The standard InChI is InChI=1S/C21H23N5O4S/c1-12-16(31-19(24-12)26-20(29)30-21(2,3)4)15-9-10-22-18(25-15)23-11-13-5-7-14(8-6-13)17(27)28/h5-10H,11H2,1-4H3,(H,27,28)(H,22,23,25)(H,24,26,29). The van der Waals surface area contributed by atoms with Gasteiger partial charge in [0.1, 0.15) is 5.60 Å². The Morgan fingerprint density at radius 3 is 2.48 bits per heavy atom. The molecule has 162 valence electrons. The number of nitrogens with zero attached hydrogens (tertiary/aromatic N) is 3. The Bertz CT molecular complexity index is 1090. The van der Waals surface area contributed by atoms with Crippen LogP contribution in [-0.4, -0.2) is 37.7 Å². The summed E-state index contributed by atoms with van der Waals surface area (Å²) in [6, 6.07) is 8.35. The van der Waals surface area contributed by atoms with Crippen molar-refractivity contribution in [1.82, 2.24) is 15.0 Å². The molecule has 3 aromatic rings. The summed E-state index contributed by atoms with van der Waals surface area (Å²) in [5, 5.41) is 15.2. The van der Waals surface area contributed by atoms with E-state index in [9.17, 15) is 9.59 Å². The zero-order valence-corrected chi connectivity index (χ0v) is 18.4. The van der Waals surface area contributed by atoms with Gasteiger partial charge in [0.15, 0.2) is 5.13 Å². The lowest BCUT2D eigenvalue weighted by molar-refractivity contribution is 0.0634. The van der Waals surface area contributed by atoms with Crippen LogP contribution in [0.3, 0.4) is 0 Å². The molecule has 0 saturated carbocycles. The van der Waals surface area contributed by atoms with Crippen molar-refractivity contribution in [3.05, 3.63) is 53.3 Å². The van der Waals surface area contributed by atoms with E-state index in [1.165, 1.54) is 11.3 Å². The summed E-state index contributed by atoms with van der Waals surface area (Å²) in [5.41, 5.74) is 1.94. The fourth-order valence-corrected chi connectivity index (χ4v) is 3.52. The molecule has 0 unspecified atom stereocenters. The first-order chi connectivity index (χ1) is 14.6. The van der Waals surface area contributed by atoms with E-state index in [-0.39, 0.29) is 5.56 Å². The lowest BCUT2D eigenvalue weighted by atomic mass is 10.1. The molecule has 1 aromatic carbocycles. The summed E-state index contributed by atoms with van der Waals surface area (Å²) >= 11 is 1.30. The number of benzene rings is 1. The summed E-state index contributed by atoms with van der Waals surface area (Å²) in [7, 11) is 0. The topological polar surface area (TPSA) is 126 Å². The van der Waals surface area contributed by atoms with Gasteiger partial charge in [-0.15, -0.1) is 0 Å². The number of carbonyl (C=O) groups is 2. The Hall–Kier alpha value is -3.53. The van der Waals surface area contributed by atoms with E-state index in [1.54, 1.807) is 57.3 Å². The number of aromatic nitrogens is 3. The number of rotatable bonds is 6. The van der Waals surface area contributed by atoms with E-state index in [2.05, 4.69) is 25.6 Å². The van der Waals surface area contributed by atoms with Gasteiger partial charge in [0.2, 0.25) is 5.95 Å².